The Hall–Kier alpha value is -0.700. The molecule has 0 fully saturated rings. The molecule has 0 saturated heterocycles. The van der Waals surface area contributed by atoms with E-state index >= 15 is 0 Å². The van der Waals surface area contributed by atoms with Crippen molar-refractivity contribution < 1.29 is 8.78 Å². The van der Waals surface area contributed by atoms with Gasteiger partial charge in [0, 0.05) is 3.57 Å². The van der Waals surface area contributed by atoms with Gasteiger partial charge in [0.2, 0.25) is 0 Å². The second kappa shape index (κ2) is 3.13. The van der Waals surface area contributed by atoms with Gasteiger partial charge in [-0.15, -0.1) is 0 Å². The Morgan fingerprint density at radius 3 is 2.36 bits per heavy atom. The van der Waals surface area contributed by atoms with Crippen molar-refractivity contribution in [1.82, 2.24) is 0 Å². The van der Waals surface area contributed by atoms with E-state index < -0.39 is 11.6 Å². The lowest BCUT2D eigenvalue weighted by Gasteiger charge is -1.95. The summed E-state index contributed by atoms with van der Waals surface area (Å²) in [4.78, 5) is 0. The maximum Gasteiger partial charge on any atom is 0.160 e. The zero-order valence-electron chi connectivity index (χ0n) is 5.24. The molecule has 0 spiro atoms. The van der Waals surface area contributed by atoms with Crippen molar-refractivity contribution in [1.29, 1.82) is 5.26 Å². The van der Waals surface area contributed by atoms with E-state index in [0.717, 1.165) is 12.1 Å². The van der Waals surface area contributed by atoms with Gasteiger partial charge in [0.05, 0.1) is 5.56 Å². The molecule has 0 amide bonds. The molecule has 1 aromatic carbocycles. The van der Waals surface area contributed by atoms with Crippen LogP contribution in [0.25, 0.3) is 0 Å². The molecule has 1 aromatic rings. The highest BCUT2D eigenvalue weighted by molar-refractivity contribution is 14.1. The Labute approximate surface area is 75.8 Å². The summed E-state index contributed by atoms with van der Waals surface area (Å²) in [7, 11) is 0. The second-order valence-corrected chi connectivity index (χ2v) is 3.02. The molecular formula is C7H2F2IN. The Morgan fingerprint density at radius 2 is 1.82 bits per heavy atom. The summed E-state index contributed by atoms with van der Waals surface area (Å²) >= 11 is 1.77. The molecule has 0 atom stereocenters. The van der Waals surface area contributed by atoms with Crippen molar-refractivity contribution in [3.63, 3.8) is 0 Å². The number of hydrogen-bond acceptors (Lipinski definition) is 1. The predicted octanol–water partition coefficient (Wildman–Crippen LogP) is 2.44. The maximum absolute atomic E-state index is 12.4. The number of benzene rings is 1. The molecule has 0 aliphatic carbocycles. The highest BCUT2D eigenvalue weighted by Gasteiger charge is 2.06. The average Bonchev–Trinajstić information content (AvgIpc) is 1.97. The van der Waals surface area contributed by atoms with Gasteiger partial charge in [-0.05, 0) is 34.7 Å². The number of rotatable bonds is 0. The first-order chi connectivity index (χ1) is 5.15. The van der Waals surface area contributed by atoms with Gasteiger partial charge in [-0.25, -0.2) is 8.78 Å². The van der Waals surface area contributed by atoms with Crippen molar-refractivity contribution in [2.24, 2.45) is 0 Å². The van der Waals surface area contributed by atoms with Crippen LogP contribution >= 0.6 is 22.6 Å². The zero-order valence-corrected chi connectivity index (χ0v) is 7.39. The smallest absolute Gasteiger partial charge is 0.160 e. The standard InChI is InChI=1S/C7H2F2IN/c8-5-1-4(3-11)7(10)2-6(5)9/h1-2H. The molecule has 0 saturated carbocycles. The largest absolute Gasteiger partial charge is 0.204 e. The molecule has 0 heterocycles. The summed E-state index contributed by atoms with van der Waals surface area (Å²) in [5.74, 6) is -1.91. The predicted molar refractivity (Wildman–Crippen MR) is 43.8 cm³/mol. The summed E-state index contributed by atoms with van der Waals surface area (Å²) in [6, 6.07) is 3.63. The van der Waals surface area contributed by atoms with Crippen LogP contribution < -0.4 is 0 Å². The first-order valence-corrected chi connectivity index (χ1v) is 3.77. The molecule has 0 aliphatic rings. The maximum atomic E-state index is 12.4. The summed E-state index contributed by atoms with van der Waals surface area (Å²) in [6.45, 7) is 0. The summed E-state index contributed by atoms with van der Waals surface area (Å²) in [6.07, 6.45) is 0. The second-order valence-electron chi connectivity index (χ2n) is 1.86. The van der Waals surface area contributed by atoms with Gasteiger partial charge in [0.15, 0.2) is 11.6 Å². The van der Waals surface area contributed by atoms with E-state index in [9.17, 15) is 8.78 Å². The fourth-order valence-electron chi connectivity index (χ4n) is 0.608. The first-order valence-electron chi connectivity index (χ1n) is 2.70. The van der Waals surface area contributed by atoms with Crippen LogP contribution in [-0.2, 0) is 0 Å². The highest BCUT2D eigenvalue weighted by atomic mass is 127. The van der Waals surface area contributed by atoms with E-state index in [1.807, 2.05) is 0 Å². The topological polar surface area (TPSA) is 23.8 Å². The van der Waals surface area contributed by atoms with Gasteiger partial charge in [-0.1, -0.05) is 0 Å². The Kier molecular flexibility index (Phi) is 2.39. The van der Waals surface area contributed by atoms with Gasteiger partial charge in [-0.3, -0.25) is 0 Å². The van der Waals surface area contributed by atoms with E-state index in [2.05, 4.69) is 0 Å². The number of hydrogen-bond donors (Lipinski definition) is 0. The quantitative estimate of drug-likeness (QED) is 0.522. The summed E-state index contributed by atoms with van der Waals surface area (Å²) < 4.78 is 25.2. The number of nitrogens with zero attached hydrogens (tertiary/aromatic N) is 1. The van der Waals surface area contributed by atoms with Crippen molar-refractivity contribution in [2.45, 2.75) is 0 Å². The van der Waals surface area contributed by atoms with Crippen LogP contribution in [0.5, 0.6) is 0 Å². The fourth-order valence-corrected chi connectivity index (χ4v) is 1.16. The Balaban J connectivity index is 3.35. The molecular weight excluding hydrogens is 263 g/mol. The Bertz CT molecular complexity index is 330. The molecule has 56 valence electrons. The van der Waals surface area contributed by atoms with E-state index in [4.69, 9.17) is 5.26 Å². The van der Waals surface area contributed by atoms with Gasteiger partial charge >= 0.3 is 0 Å². The van der Waals surface area contributed by atoms with E-state index in [1.54, 1.807) is 28.7 Å². The van der Waals surface area contributed by atoms with E-state index in [0.29, 0.717) is 3.57 Å². The third-order valence-electron chi connectivity index (χ3n) is 1.13. The lowest BCUT2D eigenvalue weighted by atomic mass is 10.2. The monoisotopic (exact) mass is 265 g/mol. The Morgan fingerprint density at radius 1 is 1.27 bits per heavy atom. The molecule has 0 unspecified atom stereocenters. The molecule has 0 aromatic heterocycles. The molecule has 11 heavy (non-hydrogen) atoms. The molecule has 4 heteroatoms. The number of nitriles is 1. The van der Waals surface area contributed by atoms with Crippen LogP contribution in [-0.4, -0.2) is 0 Å². The summed E-state index contributed by atoms with van der Waals surface area (Å²) in [5, 5.41) is 8.39. The van der Waals surface area contributed by atoms with Gasteiger partial charge in [0.1, 0.15) is 6.07 Å². The van der Waals surface area contributed by atoms with Crippen molar-refractivity contribution in [2.75, 3.05) is 0 Å². The van der Waals surface area contributed by atoms with Crippen LogP contribution in [0.1, 0.15) is 5.56 Å². The lowest BCUT2D eigenvalue weighted by molar-refractivity contribution is 0.507. The molecule has 0 aliphatic heterocycles. The van der Waals surface area contributed by atoms with Gasteiger partial charge < -0.3 is 0 Å². The van der Waals surface area contributed by atoms with E-state index in [-0.39, 0.29) is 5.56 Å². The van der Waals surface area contributed by atoms with Gasteiger partial charge in [-0.2, -0.15) is 5.26 Å². The SMILES string of the molecule is N#Cc1cc(F)c(F)cc1I. The normalized spacial score (nSPS) is 9.27. The van der Waals surface area contributed by atoms with Crippen LogP contribution in [0, 0.1) is 26.5 Å². The minimum Gasteiger partial charge on any atom is -0.204 e. The van der Waals surface area contributed by atoms with Gasteiger partial charge in [0.25, 0.3) is 0 Å². The molecule has 0 bridgehead atoms. The summed E-state index contributed by atoms with van der Waals surface area (Å²) in [5.41, 5.74) is 0.157. The molecule has 1 nitrogen and oxygen atoms in total. The lowest BCUT2D eigenvalue weighted by Crippen LogP contribution is -1.89. The molecule has 0 radical (unpaired) electrons. The fraction of sp³-hybridized carbons (Fsp3) is 0. The minimum absolute atomic E-state index is 0.157. The zero-order chi connectivity index (χ0) is 8.43. The van der Waals surface area contributed by atoms with Crippen LogP contribution in [0.3, 0.4) is 0 Å². The van der Waals surface area contributed by atoms with Crippen molar-refractivity contribution in [3.05, 3.63) is 32.9 Å². The minimum atomic E-state index is -0.984. The average molecular weight is 265 g/mol. The van der Waals surface area contributed by atoms with Crippen LogP contribution in [0.2, 0.25) is 0 Å². The first kappa shape index (κ1) is 8.40. The third-order valence-corrected chi connectivity index (χ3v) is 2.02. The number of halogens is 3. The molecule has 0 N–H and O–H groups in total. The van der Waals surface area contributed by atoms with E-state index in [1.165, 1.54) is 0 Å². The van der Waals surface area contributed by atoms with Crippen LogP contribution in [0.4, 0.5) is 8.78 Å². The van der Waals surface area contributed by atoms with Crippen LogP contribution in [0.15, 0.2) is 12.1 Å². The highest BCUT2D eigenvalue weighted by Crippen LogP contribution is 2.15. The van der Waals surface area contributed by atoms with Crippen molar-refractivity contribution >= 4 is 22.6 Å². The third kappa shape index (κ3) is 1.66. The molecule has 1 rings (SSSR count). The van der Waals surface area contributed by atoms with Crippen molar-refractivity contribution in [3.8, 4) is 6.07 Å².